The van der Waals surface area contributed by atoms with Gasteiger partial charge in [0.25, 0.3) is 0 Å². The number of halogens is 1. The maximum atomic E-state index is 12.1. The van der Waals surface area contributed by atoms with E-state index in [4.69, 9.17) is 0 Å². The lowest BCUT2D eigenvalue weighted by molar-refractivity contribution is -0.123. The summed E-state index contributed by atoms with van der Waals surface area (Å²) < 4.78 is 0. The molecule has 0 aromatic heterocycles. The molecule has 122 valence electrons. The molecule has 0 saturated carbocycles. The van der Waals surface area contributed by atoms with Gasteiger partial charge in [-0.3, -0.25) is 9.59 Å². The van der Waals surface area contributed by atoms with E-state index in [9.17, 15) is 9.59 Å². The van der Waals surface area contributed by atoms with Crippen molar-refractivity contribution in [1.29, 1.82) is 0 Å². The van der Waals surface area contributed by atoms with E-state index in [-0.39, 0.29) is 30.3 Å². The third-order valence-corrected chi connectivity index (χ3v) is 3.62. The van der Waals surface area contributed by atoms with Crippen LogP contribution in [0.1, 0.15) is 30.9 Å². The zero-order valence-corrected chi connectivity index (χ0v) is 13.7. The first-order chi connectivity index (χ1) is 10.2. The molecule has 0 fully saturated rings. The Hall–Kier alpha value is -1.59. The Kier molecular flexibility index (Phi) is 7.91. The van der Waals surface area contributed by atoms with Crippen molar-refractivity contribution in [3.8, 4) is 0 Å². The molecule has 1 heterocycles. The highest BCUT2D eigenvalue weighted by molar-refractivity contribution is 5.85. The summed E-state index contributed by atoms with van der Waals surface area (Å²) in [6, 6.07) is 7.94. The van der Waals surface area contributed by atoms with E-state index in [0.717, 1.165) is 6.42 Å². The predicted octanol–water partition coefficient (Wildman–Crippen LogP) is 1.16. The molecule has 1 aromatic rings. The molecule has 0 bridgehead atoms. The predicted molar refractivity (Wildman–Crippen MR) is 88.9 cm³/mol. The van der Waals surface area contributed by atoms with E-state index in [1.807, 2.05) is 19.1 Å². The van der Waals surface area contributed by atoms with Gasteiger partial charge in [0.2, 0.25) is 11.8 Å². The van der Waals surface area contributed by atoms with E-state index < -0.39 is 0 Å². The van der Waals surface area contributed by atoms with Crippen LogP contribution in [0.25, 0.3) is 0 Å². The molecule has 3 N–H and O–H groups in total. The number of nitrogens with one attached hydrogen (secondary N) is 3. The Morgan fingerprint density at radius 2 is 1.91 bits per heavy atom. The standard InChI is InChI=1S/C16H23N3O2.ClH/c1-2-8-17-15(20)7-9-18-16(21)14-10-12-5-3-4-6-13(12)11-19-14;/h3-6,14,19H,2,7-11H2,1H3,(H,17,20)(H,18,21);1H. The summed E-state index contributed by atoms with van der Waals surface area (Å²) in [5.74, 6) is -0.0492. The van der Waals surface area contributed by atoms with Gasteiger partial charge in [0.15, 0.2) is 0 Å². The molecule has 2 amide bonds. The lowest BCUT2D eigenvalue weighted by Crippen LogP contribution is -2.48. The second kappa shape index (κ2) is 9.43. The summed E-state index contributed by atoms with van der Waals surface area (Å²) >= 11 is 0. The number of amides is 2. The van der Waals surface area contributed by atoms with Crippen molar-refractivity contribution in [2.75, 3.05) is 13.1 Å². The molecular weight excluding hydrogens is 302 g/mol. The fraction of sp³-hybridized carbons (Fsp3) is 0.500. The molecular formula is C16H24ClN3O2. The van der Waals surface area contributed by atoms with Crippen LogP contribution < -0.4 is 16.0 Å². The van der Waals surface area contributed by atoms with Gasteiger partial charge in [-0.2, -0.15) is 0 Å². The van der Waals surface area contributed by atoms with Gasteiger partial charge in [-0.1, -0.05) is 31.2 Å². The Bertz CT molecular complexity index is 508. The van der Waals surface area contributed by atoms with Crippen molar-refractivity contribution < 1.29 is 9.59 Å². The number of carbonyl (C=O) groups is 2. The highest BCUT2D eigenvalue weighted by atomic mass is 35.5. The normalized spacial score (nSPS) is 16.1. The maximum absolute atomic E-state index is 12.1. The molecule has 0 spiro atoms. The van der Waals surface area contributed by atoms with Crippen LogP contribution in [-0.4, -0.2) is 30.9 Å². The minimum atomic E-state index is -0.210. The molecule has 0 radical (unpaired) electrons. The number of benzene rings is 1. The third-order valence-electron chi connectivity index (χ3n) is 3.62. The van der Waals surface area contributed by atoms with E-state index >= 15 is 0 Å². The van der Waals surface area contributed by atoms with Gasteiger partial charge in [-0.15, -0.1) is 12.4 Å². The molecule has 22 heavy (non-hydrogen) atoms. The third kappa shape index (κ3) is 5.31. The second-order valence-corrected chi connectivity index (χ2v) is 5.30. The van der Waals surface area contributed by atoms with Crippen LogP contribution >= 0.6 is 12.4 Å². The van der Waals surface area contributed by atoms with Crippen LogP contribution in [0.15, 0.2) is 24.3 Å². The lowest BCUT2D eigenvalue weighted by atomic mass is 9.95. The van der Waals surface area contributed by atoms with Crippen molar-refractivity contribution >= 4 is 24.2 Å². The molecule has 1 atom stereocenters. The number of hydrogen-bond donors (Lipinski definition) is 3. The minimum Gasteiger partial charge on any atom is -0.356 e. The highest BCUT2D eigenvalue weighted by Gasteiger charge is 2.23. The summed E-state index contributed by atoms with van der Waals surface area (Å²) in [7, 11) is 0. The first kappa shape index (κ1) is 18.5. The van der Waals surface area contributed by atoms with Gasteiger partial charge in [-0.05, 0) is 24.0 Å². The van der Waals surface area contributed by atoms with Gasteiger partial charge >= 0.3 is 0 Å². The van der Waals surface area contributed by atoms with Crippen LogP contribution in [0.3, 0.4) is 0 Å². The van der Waals surface area contributed by atoms with Gasteiger partial charge in [0, 0.05) is 26.1 Å². The SMILES string of the molecule is CCCNC(=O)CCNC(=O)C1Cc2ccccc2CN1.Cl. The second-order valence-electron chi connectivity index (χ2n) is 5.30. The fourth-order valence-electron chi connectivity index (χ4n) is 2.41. The molecule has 1 unspecified atom stereocenters. The smallest absolute Gasteiger partial charge is 0.237 e. The summed E-state index contributed by atoms with van der Waals surface area (Å²) in [5, 5.41) is 8.86. The van der Waals surface area contributed by atoms with Crippen LogP contribution in [0.4, 0.5) is 0 Å². The van der Waals surface area contributed by atoms with E-state index in [1.165, 1.54) is 11.1 Å². The Balaban J connectivity index is 0.00000242. The Labute approximate surface area is 137 Å². The molecule has 0 saturated heterocycles. The number of rotatable bonds is 6. The molecule has 2 rings (SSSR count). The van der Waals surface area contributed by atoms with Crippen LogP contribution in [0.5, 0.6) is 0 Å². The molecule has 6 heteroatoms. The zero-order valence-electron chi connectivity index (χ0n) is 12.9. The summed E-state index contributed by atoms with van der Waals surface area (Å²) in [6.07, 6.45) is 1.95. The summed E-state index contributed by atoms with van der Waals surface area (Å²) in [5.41, 5.74) is 2.47. The zero-order chi connectivity index (χ0) is 15.1. The van der Waals surface area contributed by atoms with E-state index in [0.29, 0.717) is 32.5 Å². The highest BCUT2D eigenvalue weighted by Crippen LogP contribution is 2.16. The van der Waals surface area contributed by atoms with Gasteiger partial charge in [0.05, 0.1) is 6.04 Å². The average Bonchev–Trinajstić information content (AvgIpc) is 2.52. The molecule has 0 aliphatic carbocycles. The maximum Gasteiger partial charge on any atom is 0.237 e. The van der Waals surface area contributed by atoms with Gasteiger partial charge < -0.3 is 16.0 Å². The van der Waals surface area contributed by atoms with Gasteiger partial charge in [0.1, 0.15) is 0 Å². The monoisotopic (exact) mass is 325 g/mol. The van der Waals surface area contributed by atoms with Gasteiger partial charge in [-0.25, -0.2) is 0 Å². The Morgan fingerprint density at radius 3 is 2.64 bits per heavy atom. The largest absolute Gasteiger partial charge is 0.356 e. The first-order valence-corrected chi connectivity index (χ1v) is 7.55. The summed E-state index contributed by atoms with van der Waals surface area (Å²) in [4.78, 5) is 23.5. The average molecular weight is 326 g/mol. The van der Waals surface area contributed by atoms with Crippen molar-refractivity contribution in [3.05, 3.63) is 35.4 Å². The molecule has 5 nitrogen and oxygen atoms in total. The quantitative estimate of drug-likeness (QED) is 0.735. The number of fused-ring (bicyclic) bond motifs is 1. The van der Waals surface area contributed by atoms with Crippen molar-refractivity contribution in [2.45, 2.75) is 38.8 Å². The van der Waals surface area contributed by atoms with Crippen LogP contribution in [0.2, 0.25) is 0 Å². The van der Waals surface area contributed by atoms with Crippen molar-refractivity contribution in [3.63, 3.8) is 0 Å². The Morgan fingerprint density at radius 1 is 1.18 bits per heavy atom. The molecule has 1 aliphatic heterocycles. The van der Waals surface area contributed by atoms with Crippen molar-refractivity contribution in [1.82, 2.24) is 16.0 Å². The first-order valence-electron chi connectivity index (χ1n) is 7.55. The molecule has 1 aliphatic rings. The summed E-state index contributed by atoms with van der Waals surface area (Å²) in [6.45, 7) is 3.79. The minimum absolute atomic E-state index is 0. The fourth-order valence-corrected chi connectivity index (χ4v) is 2.41. The van der Waals surface area contributed by atoms with Crippen LogP contribution in [0, 0.1) is 0 Å². The number of carbonyl (C=O) groups excluding carboxylic acids is 2. The van der Waals surface area contributed by atoms with E-state index in [2.05, 4.69) is 28.1 Å². The lowest BCUT2D eigenvalue weighted by Gasteiger charge is -2.25. The van der Waals surface area contributed by atoms with Crippen molar-refractivity contribution in [2.24, 2.45) is 0 Å². The van der Waals surface area contributed by atoms with E-state index in [1.54, 1.807) is 0 Å². The molecule has 1 aromatic carbocycles. The topological polar surface area (TPSA) is 70.2 Å². The van der Waals surface area contributed by atoms with Crippen LogP contribution in [-0.2, 0) is 22.6 Å². The number of hydrogen-bond acceptors (Lipinski definition) is 3.